The fraction of sp³-hybridized carbons (Fsp3) is 0.188. The summed E-state index contributed by atoms with van der Waals surface area (Å²) in [5, 5.41) is 9.37. The predicted molar refractivity (Wildman–Crippen MR) is 76.5 cm³/mol. The number of rotatable bonds is 5. The Morgan fingerprint density at radius 1 is 1.14 bits per heavy atom. The lowest BCUT2D eigenvalue weighted by Gasteiger charge is -2.14. The van der Waals surface area contributed by atoms with Gasteiger partial charge in [0.2, 0.25) is 0 Å². The second-order valence-electron chi connectivity index (χ2n) is 4.24. The van der Waals surface area contributed by atoms with Crippen molar-refractivity contribution in [2.45, 2.75) is 5.92 Å². The Labute approximate surface area is 122 Å². The van der Waals surface area contributed by atoms with Gasteiger partial charge in [-0.1, -0.05) is 6.07 Å². The predicted octanol–water partition coefficient (Wildman–Crippen LogP) is 2.59. The van der Waals surface area contributed by atoms with Crippen LogP contribution in [0.1, 0.15) is 21.8 Å². The lowest BCUT2D eigenvalue weighted by molar-refractivity contribution is 0.0972. The topological polar surface area (TPSA) is 72.2 Å². The van der Waals surface area contributed by atoms with Crippen molar-refractivity contribution >= 4 is 5.78 Å². The lowest BCUT2D eigenvalue weighted by Crippen LogP contribution is -2.14. The first-order chi connectivity index (χ1) is 10.2. The van der Waals surface area contributed by atoms with Gasteiger partial charge in [0.25, 0.3) is 0 Å². The number of ketones is 1. The first-order valence-corrected chi connectivity index (χ1v) is 6.27. The summed E-state index contributed by atoms with van der Waals surface area (Å²) >= 11 is 0. The van der Waals surface area contributed by atoms with Crippen LogP contribution in [-0.2, 0) is 0 Å². The van der Waals surface area contributed by atoms with E-state index in [1.54, 1.807) is 42.7 Å². The van der Waals surface area contributed by atoms with E-state index >= 15 is 0 Å². The molecule has 5 heteroatoms. The third-order valence-electron chi connectivity index (χ3n) is 3.10. The Bertz CT molecular complexity index is 655. The van der Waals surface area contributed by atoms with Gasteiger partial charge in [-0.2, -0.15) is 5.26 Å². The maximum absolute atomic E-state index is 12.7. The van der Waals surface area contributed by atoms with Gasteiger partial charge in [0.15, 0.2) is 5.78 Å². The molecule has 0 saturated carbocycles. The molecule has 0 radical (unpaired) electrons. The molecule has 0 aliphatic rings. The second-order valence-corrected chi connectivity index (χ2v) is 4.24. The molecule has 0 bridgehead atoms. The van der Waals surface area contributed by atoms with Crippen LogP contribution in [0.2, 0.25) is 0 Å². The van der Waals surface area contributed by atoms with Crippen molar-refractivity contribution in [3.8, 4) is 17.6 Å². The molecule has 1 atom stereocenters. The third-order valence-corrected chi connectivity index (χ3v) is 3.10. The van der Waals surface area contributed by atoms with E-state index in [9.17, 15) is 10.1 Å². The standard InChI is InChI=1S/C16H14N2O3/c1-20-13-4-3-5-14(21-2)15(13)16(19)12(10-17)11-6-8-18-9-7-11/h3-9,12H,1-2H3. The minimum Gasteiger partial charge on any atom is -0.496 e. The van der Waals surface area contributed by atoms with Gasteiger partial charge in [-0.3, -0.25) is 9.78 Å². The number of methoxy groups -OCH3 is 2. The summed E-state index contributed by atoms with van der Waals surface area (Å²) in [4.78, 5) is 16.6. The van der Waals surface area contributed by atoms with Gasteiger partial charge < -0.3 is 9.47 Å². The monoisotopic (exact) mass is 282 g/mol. The van der Waals surface area contributed by atoms with Crippen molar-refractivity contribution < 1.29 is 14.3 Å². The fourth-order valence-corrected chi connectivity index (χ4v) is 2.08. The molecular weight excluding hydrogens is 268 g/mol. The molecule has 1 aromatic carbocycles. The number of ether oxygens (including phenoxy) is 2. The van der Waals surface area contributed by atoms with Crippen LogP contribution in [0.4, 0.5) is 0 Å². The number of carbonyl (C=O) groups excluding carboxylic acids is 1. The number of hydrogen-bond acceptors (Lipinski definition) is 5. The molecule has 0 N–H and O–H groups in total. The number of hydrogen-bond donors (Lipinski definition) is 0. The van der Waals surface area contributed by atoms with Crippen molar-refractivity contribution in [2.24, 2.45) is 0 Å². The minimum absolute atomic E-state index is 0.269. The van der Waals surface area contributed by atoms with Gasteiger partial charge in [-0.05, 0) is 29.8 Å². The van der Waals surface area contributed by atoms with Gasteiger partial charge in [0.05, 0.1) is 20.3 Å². The Balaban J connectivity index is 2.51. The Hall–Kier alpha value is -2.87. The molecule has 2 aromatic rings. The molecule has 0 saturated heterocycles. The quantitative estimate of drug-likeness (QED) is 0.788. The highest BCUT2D eigenvalue weighted by molar-refractivity contribution is 6.06. The molecule has 0 amide bonds. The summed E-state index contributed by atoms with van der Waals surface area (Å²) < 4.78 is 10.4. The van der Waals surface area contributed by atoms with Crippen LogP contribution < -0.4 is 9.47 Å². The van der Waals surface area contributed by atoms with E-state index in [1.165, 1.54) is 14.2 Å². The zero-order valence-corrected chi connectivity index (χ0v) is 11.7. The van der Waals surface area contributed by atoms with Gasteiger partial charge in [0, 0.05) is 12.4 Å². The highest BCUT2D eigenvalue weighted by atomic mass is 16.5. The second kappa shape index (κ2) is 6.53. The van der Waals surface area contributed by atoms with Crippen molar-refractivity contribution in [3.05, 3.63) is 53.9 Å². The van der Waals surface area contributed by atoms with E-state index in [2.05, 4.69) is 4.98 Å². The summed E-state index contributed by atoms with van der Waals surface area (Å²) in [5.41, 5.74) is 0.858. The van der Waals surface area contributed by atoms with Crippen LogP contribution in [0.15, 0.2) is 42.7 Å². The maximum Gasteiger partial charge on any atom is 0.191 e. The normalized spacial score (nSPS) is 11.3. The molecule has 0 fully saturated rings. The third kappa shape index (κ3) is 2.84. The summed E-state index contributed by atoms with van der Waals surface area (Å²) in [6.07, 6.45) is 3.10. The van der Waals surface area contributed by atoms with E-state index in [0.717, 1.165) is 0 Å². The summed E-state index contributed by atoms with van der Waals surface area (Å²) in [7, 11) is 2.94. The van der Waals surface area contributed by atoms with Gasteiger partial charge in [0.1, 0.15) is 23.0 Å². The van der Waals surface area contributed by atoms with Crippen molar-refractivity contribution in [1.82, 2.24) is 4.98 Å². The van der Waals surface area contributed by atoms with Crippen molar-refractivity contribution in [2.75, 3.05) is 14.2 Å². The van der Waals surface area contributed by atoms with Gasteiger partial charge in [-0.15, -0.1) is 0 Å². The summed E-state index contributed by atoms with van der Waals surface area (Å²) in [6, 6.07) is 10.4. The number of nitriles is 1. The van der Waals surface area contributed by atoms with Crippen LogP contribution in [-0.4, -0.2) is 25.0 Å². The molecule has 0 aliphatic carbocycles. The molecule has 0 spiro atoms. The van der Waals surface area contributed by atoms with Gasteiger partial charge in [-0.25, -0.2) is 0 Å². The van der Waals surface area contributed by atoms with E-state index in [-0.39, 0.29) is 11.3 Å². The minimum atomic E-state index is -0.932. The molecule has 1 heterocycles. The smallest absolute Gasteiger partial charge is 0.191 e. The first-order valence-electron chi connectivity index (χ1n) is 6.27. The highest BCUT2D eigenvalue weighted by Crippen LogP contribution is 2.33. The van der Waals surface area contributed by atoms with E-state index in [4.69, 9.17) is 9.47 Å². The van der Waals surface area contributed by atoms with Crippen molar-refractivity contribution in [1.29, 1.82) is 5.26 Å². The molecule has 0 aliphatic heterocycles. The number of aromatic nitrogens is 1. The number of benzene rings is 1. The molecule has 2 rings (SSSR count). The molecule has 5 nitrogen and oxygen atoms in total. The van der Waals surface area contributed by atoms with Crippen LogP contribution >= 0.6 is 0 Å². The average Bonchev–Trinajstić information content (AvgIpc) is 2.55. The van der Waals surface area contributed by atoms with Crippen molar-refractivity contribution in [3.63, 3.8) is 0 Å². The Morgan fingerprint density at radius 3 is 2.19 bits per heavy atom. The highest BCUT2D eigenvalue weighted by Gasteiger charge is 2.27. The van der Waals surface area contributed by atoms with E-state index in [1.807, 2.05) is 6.07 Å². The summed E-state index contributed by atoms with van der Waals surface area (Å²) in [6.45, 7) is 0. The van der Waals surface area contributed by atoms with E-state index in [0.29, 0.717) is 17.1 Å². The lowest BCUT2D eigenvalue weighted by atomic mass is 9.91. The molecular formula is C16H14N2O3. The van der Waals surface area contributed by atoms with E-state index < -0.39 is 5.92 Å². The number of carbonyl (C=O) groups is 1. The number of pyridine rings is 1. The maximum atomic E-state index is 12.7. The van der Waals surface area contributed by atoms with Gasteiger partial charge >= 0.3 is 0 Å². The summed E-state index contributed by atoms with van der Waals surface area (Å²) in [5.74, 6) is -0.529. The molecule has 21 heavy (non-hydrogen) atoms. The Kier molecular flexibility index (Phi) is 4.52. The Morgan fingerprint density at radius 2 is 1.71 bits per heavy atom. The SMILES string of the molecule is COc1cccc(OC)c1C(=O)C(C#N)c1ccncc1. The average molecular weight is 282 g/mol. The molecule has 1 unspecified atom stereocenters. The first kappa shape index (κ1) is 14.5. The molecule has 1 aromatic heterocycles. The molecule has 106 valence electrons. The number of Topliss-reactive ketones (excluding diaryl/α,β-unsaturated/α-hetero) is 1. The zero-order valence-electron chi connectivity index (χ0n) is 11.7. The number of nitrogens with zero attached hydrogens (tertiary/aromatic N) is 2. The fourth-order valence-electron chi connectivity index (χ4n) is 2.08. The van der Waals surface area contributed by atoms with Crippen LogP contribution in [0.5, 0.6) is 11.5 Å². The van der Waals surface area contributed by atoms with Crippen LogP contribution in [0.3, 0.4) is 0 Å². The zero-order chi connectivity index (χ0) is 15.2. The largest absolute Gasteiger partial charge is 0.496 e. The van der Waals surface area contributed by atoms with Crippen LogP contribution in [0, 0.1) is 11.3 Å². The van der Waals surface area contributed by atoms with Crippen LogP contribution in [0.25, 0.3) is 0 Å².